The maximum Gasteiger partial charge on any atom is 0.282 e. The van der Waals surface area contributed by atoms with Crippen molar-refractivity contribution < 1.29 is 4.74 Å². The SMILES string of the molecule is CC(C)COc1cccc(CNc2cnn(C)c(=O)c2Br)c1. The van der Waals surface area contributed by atoms with E-state index >= 15 is 0 Å². The second kappa shape index (κ2) is 7.45. The number of anilines is 1. The van der Waals surface area contributed by atoms with Crippen molar-refractivity contribution in [2.75, 3.05) is 11.9 Å². The Morgan fingerprint density at radius 2 is 2.18 bits per heavy atom. The third kappa shape index (κ3) is 4.34. The molecule has 1 heterocycles. The Labute approximate surface area is 138 Å². The summed E-state index contributed by atoms with van der Waals surface area (Å²) in [7, 11) is 1.62. The first-order valence-corrected chi connectivity index (χ1v) is 7.94. The van der Waals surface area contributed by atoms with Crippen molar-refractivity contribution in [1.29, 1.82) is 0 Å². The Bertz CT molecular complexity index is 698. The average Bonchev–Trinajstić information content (AvgIpc) is 2.50. The van der Waals surface area contributed by atoms with E-state index in [1.165, 1.54) is 4.68 Å². The smallest absolute Gasteiger partial charge is 0.282 e. The monoisotopic (exact) mass is 365 g/mol. The first-order chi connectivity index (χ1) is 10.5. The summed E-state index contributed by atoms with van der Waals surface area (Å²) < 4.78 is 7.49. The number of ether oxygens (including phenoxy) is 1. The van der Waals surface area contributed by atoms with E-state index in [1.54, 1.807) is 13.2 Å². The fourth-order valence-electron chi connectivity index (χ4n) is 1.84. The lowest BCUT2D eigenvalue weighted by atomic mass is 10.2. The van der Waals surface area contributed by atoms with E-state index in [2.05, 4.69) is 40.2 Å². The molecule has 1 N–H and O–H groups in total. The summed E-state index contributed by atoms with van der Waals surface area (Å²) in [5.74, 6) is 1.35. The molecule has 0 aliphatic rings. The van der Waals surface area contributed by atoms with Crippen molar-refractivity contribution >= 4 is 21.6 Å². The Morgan fingerprint density at radius 1 is 1.41 bits per heavy atom. The number of halogens is 1. The first-order valence-electron chi connectivity index (χ1n) is 7.15. The minimum atomic E-state index is -0.168. The third-order valence-corrected chi connectivity index (χ3v) is 3.81. The van der Waals surface area contributed by atoms with Crippen molar-refractivity contribution in [1.82, 2.24) is 9.78 Å². The first kappa shape index (κ1) is 16.5. The summed E-state index contributed by atoms with van der Waals surface area (Å²) in [5, 5.41) is 7.22. The van der Waals surface area contributed by atoms with E-state index in [0.717, 1.165) is 11.3 Å². The van der Waals surface area contributed by atoms with Crippen LogP contribution >= 0.6 is 15.9 Å². The number of aromatic nitrogens is 2. The minimum absolute atomic E-state index is 0.168. The molecule has 0 spiro atoms. The van der Waals surface area contributed by atoms with Gasteiger partial charge in [-0.3, -0.25) is 4.79 Å². The zero-order chi connectivity index (χ0) is 16.1. The summed E-state index contributed by atoms with van der Waals surface area (Å²) in [6.45, 7) is 5.52. The van der Waals surface area contributed by atoms with Crippen LogP contribution in [0, 0.1) is 5.92 Å². The average molecular weight is 366 g/mol. The standard InChI is InChI=1S/C16H20BrN3O2/c1-11(2)10-22-13-6-4-5-12(7-13)8-18-14-9-19-20(3)16(21)15(14)17/h4-7,9,11,18H,8,10H2,1-3H3. The molecule has 0 radical (unpaired) electrons. The summed E-state index contributed by atoms with van der Waals surface area (Å²) in [4.78, 5) is 11.8. The molecule has 0 saturated heterocycles. The topological polar surface area (TPSA) is 56.1 Å². The van der Waals surface area contributed by atoms with Gasteiger partial charge in [0.05, 0.1) is 18.5 Å². The third-order valence-electron chi connectivity index (χ3n) is 3.04. The van der Waals surface area contributed by atoms with Gasteiger partial charge in [0.25, 0.3) is 5.56 Å². The van der Waals surface area contributed by atoms with Gasteiger partial charge in [-0.2, -0.15) is 5.10 Å². The Hall–Kier alpha value is -1.82. The molecule has 0 atom stereocenters. The lowest BCUT2D eigenvalue weighted by Gasteiger charge is -2.11. The van der Waals surface area contributed by atoms with Gasteiger partial charge >= 0.3 is 0 Å². The molecule has 0 bridgehead atoms. The molecule has 2 aromatic rings. The summed E-state index contributed by atoms with van der Waals surface area (Å²) in [5.41, 5.74) is 1.59. The van der Waals surface area contributed by atoms with E-state index in [9.17, 15) is 4.79 Å². The van der Waals surface area contributed by atoms with Gasteiger partial charge in [0.2, 0.25) is 0 Å². The molecule has 118 valence electrons. The van der Waals surface area contributed by atoms with E-state index < -0.39 is 0 Å². The van der Waals surface area contributed by atoms with Crippen LogP contribution in [0.1, 0.15) is 19.4 Å². The van der Waals surface area contributed by atoms with Crippen LogP contribution in [0.2, 0.25) is 0 Å². The van der Waals surface area contributed by atoms with Gasteiger partial charge < -0.3 is 10.1 Å². The van der Waals surface area contributed by atoms with Crippen LogP contribution in [0.4, 0.5) is 5.69 Å². The lowest BCUT2D eigenvalue weighted by molar-refractivity contribution is 0.271. The number of rotatable bonds is 6. The van der Waals surface area contributed by atoms with Gasteiger partial charge in [-0.1, -0.05) is 26.0 Å². The lowest BCUT2D eigenvalue weighted by Crippen LogP contribution is -2.21. The number of hydrogen-bond donors (Lipinski definition) is 1. The van der Waals surface area contributed by atoms with Crippen LogP contribution in [0.25, 0.3) is 0 Å². The molecule has 1 aromatic carbocycles. The van der Waals surface area contributed by atoms with Crippen molar-refractivity contribution in [2.24, 2.45) is 13.0 Å². The fourth-order valence-corrected chi connectivity index (χ4v) is 2.34. The van der Waals surface area contributed by atoms with E-state index in [-0.39, 0.29) is 5.56 Å². The molecule has 5 nitrogen and oxygen atoms in total. The Balaban J connectivity index is 2.04. The van der Waals surface area contributed by atoms with Crippen molar-refractivity contribution in [3.05, 3.63) is 50.9 Å². The predicted molar refractivity (Wildman–Crippen MR) is 91.3 cm³/mol. The normalized spacial score (nSPS) is 10.8. The van der Waals surface area contributed by atoms with Crippen LogP contribution in [-0.2, 0) is 13.6 Å². The number of benzene rings is 1. The number of aryl methyl sites for hydroxylation is 1. The highest BCUT2D eigenvalue weighted by Crippen LogP contribution is 2.19. The summed E-state index contributed by atoms with van der Waals surface area (Å²) >= 11 is 3.30. The Kier molecular flexibility index (Phi) is 5.60. The molecule has 0 saturated carbocycles. The highest BCUT2D eigenvalue weighted by Gasteiger charge is 2.06. The van der Waals surface area contributed by atoms with Gasteiger partial charge in [-0.25, -0.2) is 4.68 Å². The van der Waals surface area contributed by atoms with E-state index in [4.69, 9.17) is 4.74 Å². The van der Waals surface area contributed by atoms with Crippen LogP contribution in [0.5, 0.6) is 5.75 Å². The van der Waals surface area contributed by atoms with Crippen LogP contribution in [0.15, 0.2) is 39.7 Å². The second-order valence-corrected chi connectivity index (χ2v) is 6.30. The molecule has 2 rings (SSSR count). The molecule has 0 unspecified atom stereocenters. The van der Waals surface area contributed by atoms with Crippen LogP contribution < -0.4 is 15.6 Å². The van der Waals surface area contributed by atoms with Gasteiger partial charge in [0, 0.05) is 13.6 Å². The fraction of sp³-hybridized carbons (Fsp3) is 0.375. The van der Waals surface area contributed by atoms with Crippen molar-refractivity contribution in [3.63, 3.8) is 0 Å². The van der Waals surface area contributed by atoms with E-state index in [0.29, 0.717) is 29.2 Å². The summed E-state index contributed by atoms with van der Waals surface area (Å²) in [6.07, 6.45) is 1.63. The minimum Gasteiger partial charge on any atom is -0.493 e. The Morgan fingerprint density at radius 3 is 2.91 bits per heavy atom. The number of nitrogens with zero attached hydrogens (tertiary/aromatic N) is 2. The molecule has 6 heteroatoms. The molecular formula is C16H20BrN3O2. The van der Waals surface area contributed by atoms with Crippen LogP contribution in [0.3, 0.4) is 0 Å². The molecule has 0 fully saturated rings. The number of nitrogens with one attached hydrogen (secondary N) is 1. The number of hydrogen-bond acceptors (Lipinski definition) is 4. The largest absolute Gasteiger partial charge is 0.493 e. The van der Waals surface area contributed by atoms with Gasteiger partial charge in [-0.15, -0.1) is 0 Å². The highest BCUT2D eigenvalue weighted by atomic mass is 79.9. The summed E-state index contributed by atoms with van der Waals surface area (Å²) in [6, 6.07) is 7.92. The zero-order valence-electron chi connectivity index (χ0n) is 13.0. The van der Waals surface area contributed by atoms with E-state index in [1.807, 2.05) is 24.3 Å². The zero-order valence-corrected chi connectivity index (χ0v) is 14.6. The molecular weight excluding hydrogens is 346 g/mol. The maximum absolute atomic E-state index is 11.8. The molecule has 0 aliphatic heterocycles. The quantitative estimate of drug-likeness (QED) is 0.853. The van der Waals surface area contributed by atoms with Crippen LogP contribution in [-0.4, -0.2) is 16.4 Å². The van der Waals surface area contributed by atoms with Gasteiger partial charge in [0.15, 0.2) is 0 Å². The van der Waals surface area contributed by atoms with Gasteiger partial charge in [-0.05, 0) is 39.5 Å². The highest BCUT2D eigenvalue weighted by molar-refractivity contribution is 9.10. The predicted octanol–water partition coefficient (Wildman–Crippen LogP) is 3.19. The van der Waals surface area contributed by atoms with Gasteiger partial charge in [0.1, 0.15) is 10.2 Å². The maximum atomic E-state index is 11.8. The molecule has 0 amide bonds. The molecule has 22 heavy (non-hydrogen) atoms. The van der Waals surface area contributed by atoms with Crippen molar-refractivity contribution in [3.8, 4) is 5.75 Å². The van der Waals surface area contributed by atoms with Crippen molar-refractivity contribution in [2.45, 2.75) is 20.4 Å². The molecule has 1 aromatic heterocycles. The second-order valence-electron chi connectivity index (χ2n) is 5.51. The molecule has 0 aliphatic carbocycles.